The van der Waals surface area contributed by atoms with Crippen molar-refractivity contribution in [2.45, 2.75) is 24.7 Å². The SMILES string of the molecule is CNC(=O)CNC(=O)C[NH+]1CCN(S(=O)(=O)c2ccc(C(C)C)cc2)CC1. The highest BCUT2D eigenvalue weighted by molar-refractivity contribution is 7.89. The monoisotopic (exact) mass is 397 g/mol. The van der Waals surface area contributed by atoms with Gasteiger partial charge in [0.1, 0.15) is 0 Å². The Bertz CT molecular complexity index is 754. The number of amides is 2. The van der Waals surface area contributed by atoms with Crippen LogP contribution >= 0.6 is 0 Å². The second-order valence-corrected chi connectivity index (χ2v) is 8.94. The fourth-order valence-corrected chi connectivity index (χ4v) is 4.39. The van der Waals surface area contributed by atoms with Gasteiger partial charge in [0.2, 0.25) is 15.9 Å². The van der Waals surface area contributed by atoms with E-state index in [4.69, 9.17) is 0 Å². The summed E-state index contributed by atoms with van der Waals surface area (Å²) in [5.74, 6) is -0.115. The average molecular weight is 398 g/mol. The summed E-state index contributed by atoms with van der Waals surface area (Å²) in [6.45, 7) is 6.15. The number of nitrogens with one attached hydrogen (secondary N) is 3. The topological polar surface area (TPSA) is 100 Å². The number of nitrogens with zero attached hydrogens (tertiary/aromatic N) is 1. The zero-order valence-corrected chi connectivity index (χ0v) is 16.9. The van der Waals surface area contributed by atoms with Crippen LogP contribution in [0.2, 0.25) is 0 Å². The van der Waals surface area contributed by atoms with Gasteiger partial charge in [-0.1, -0.05) is 26.0 Å². The number of benzene rings is 1. The molecule has 0 aromatic heterocycles. The van der Waals surface area contributed by atoms with Crippen LogP contribution in [0.15, 0.2) is 29.2 Å². The molecule has 3 N–H and O–H groups in total. The zero-order chi connectivity index (χ0) is 20.0. The van der Waals surface area contributed by atoms with Gasteiger partial charge in [-0.2, -0.15) is 4.31 Å². The second-order valence-electron chi connectivity index (χ2n) is 7.00. The van der Waals surface area contributed by atoms with E-state index in [-0.39, 0.29) is 24.9 Å². The Morgan fingerprint density at radius 2 is 1.70 bits per heavy atom. The summed E-state index contributed by atoms with van der Waals surface area (Å²) in [6.07, 6.45) is 0. The van der Waals surface area contributed by atoms with Crippen molar-refractivity contribution in [3.05, 3.63) is 29.8 Å². The molecule has 1 aromatic rings. The molecular weight excluding hydrogens is 368 g/mol. The van der Waals surface area contributed by atoms with E-state index in [1.165, 1.54) is 11.4 Å². The van der Waals surface area contributed by atoms with E-state index >= 15 is 0 Å². The molecule has 27 heavy (non-hydrogen) atoms. The molecule has 150 valence electrons. The summed E-state index contributed by atoms with van der Waals surface area (Å²) < 4.78 is 27.1. The number of hydrogen-bond donors (Lipinski definition) is 3. The van der Waals surface area contributed by atoms with Gasteiger partial charge in [0, 0.05) is 7.05 Å². The van der Waals surface area contributed by atoms with Crippen LogP contribution in [0.1, 0.15) is 25.3 Å². The lowest BCUT2D eigenvalue weighted by atomic mass is 10.0. The third-order valence-corrected chi connectivity index (χ3v) is 6.66. The van der Waals surface area contributed by atoms with E-state index in [2.05, 4.69) is 24.5 Å². The third kappa shape index (κ3) is 5.75. The van der Waals surface area contributed by atoms with Crippen LogP contribution < -0.4 is 15.5 Å². The van der Waals surface area contributed by atoms with Crippen molar-refractivity contribution in [2.24, 2.45) is 0 Å². The first kappa shape index (κ1) is 21.3. The van der Waals surface area contributed by atoms with E-state index in [0.29, 0.717) is 37.0 Å². The molecule has 2 rings (SSSR count). The van der Waals surface area contributed by atoms with Crippen LogP contribution in [0, 0.1) is 0 Å². The highest BCUT2D eigenvalue weighted by Crippen LogP contribution is 2.20. The highest BCUT2D eigenvalue weighted by atomic mass is 32.2. The summed E-state index contributed by atoms with van der Waals surface area (Å²) in [5, 5.41) is 5.00. The quantitative estimate of drug-likeness (QED) is 0.525. The molecule has 0 radical (unpaired) electrons. The van der Waals surface area contributed by atoms with Gasteiger partial charge in [0.05, 0.1) is 37.6 Å². The van der Waals surface area contributed by atoms with Crippen molar-refractivity contribution in [2.75, 3.05) is 46.3 Å². The smallest absolute Gasteiger partial charge is 0.275 e. The molecule has 0 atom stereocenters. The molecule has 0 aliphatic carbocycles. The van der Waals surface area contributed by atoms with Crippen LogP contribution in [0.4, 0.5) is 0 Å². The first-order valence-corrected chi connectivity index (χ1v) is 10.6. The van der Waals surface area contributed by atoms with Gasteiger partial charge in [-0.05, 0) is 23.6 Å². The number of carbonyl (C=O) groups is 2. The number of rotatable bonds is 7. The summed E-state index contributed by atoms with van der Waals surface area (Å²) in [4.78, 5) is 24.3. The minimum absolute atomic E-state index is 0.0461. The van der Waals surface area contributed by atoms with Crippen LogP contribution in [0.3, 0.4) is 0 Å². The molecule has 1 saturated heterocycles. The number of carbonyl (C=O) groups excluding carboxylic acids is 2. The fraction of sp³-hybridized carbons (Fsp3) is 0.556. The van der Waals surface area contributed by atoms with E-state index in [0.717, 1.165) is 10.5 Å². The largest absolute Gasteiger partial charge is 0.358 e. The Morgan fingerprint density at radius 1 is 1.11 bits per heavy atom. The molecule has 1 aliphatic rings. The van der Waals surface area contributed by atoms with Gasteiger partial charge >= 0.3 is 0 Å². The Balaban J connectivity index is 1.88. The molecule has 1 aromatic carbocycles. The van der Waals surface area contributed by atoms with Gasteiger partial charge in [-0.3, -0.25) is 9.59 Å². The van der Waals surface area contributed by atoms with Crippen molar-refractivity contribution in [1.29, 1.82) is 0 Å². The standard InChI is InChI=1S/C18H28N4O4S/c1-14(2)15-4-6-16(7-5-15)27(25,26)22-10-8-21(9-11-22)13-18(24)20-12-17(23)19-3/h4-7,14H,8-13H2,1-3H3,(H,19,23)(H,20,24)/p+1. The van der Waals surface area contributed by atoms with Gasteiger partial charge in [-0.25, -0.2) is 8.42 Å². The number of sulfonamides is 1. The molecule has 9 heteroatoms. The van der Waals surface area contributed by atoms with Crippen LogP contribution in [0.25, 0.3) is 0 Å². The maximum atomic E-state index is 12.8. The van der Waals surface area contributed by atoms with Gasteiger partial charge in [0.15, 0.2) is 6.54 Å². The van der Waals surface area contributed by atoms with E-state index in [1.807, 2.05) is 12.1 Å². The Morgan fingerprint density at radius 3 is 2.22 bits per heavy atom. The van der Waals surface area contributed by atoms with Crippen LogP contribution in [-0.4, -0.2) is 70.9 Å². The molecular formula is C18H29N4O4S+. The molecule has 0 unspecified atom stereocenters. The Hall–Kier alpha value is -1.97. The van der Waals surface area contributed by atoms with Gasteiger partial charge < -0.3 is 15.5 Å². The van der Waals surface area contributed by atoms with Crippen molar-refractivity contribution in [1.82, 2.24) is 14.9 Å². The lowest BCUT2D eigenvalue weighted by molar-refractivity contribution is -0.895. The van der Waals surface area contributed by atoms with Crippen LogP contribution in [-0.2, 0) is 19.6 Å². The van der Waals surface area contributed by atoms with Crippen LogP contribution in [0.5, 0.6) is 0 Å². The Kier molecular flexibility index (Phi) is 7.34. The van der Waals surface area contributed by atoms with Crippen molar-refractivity contribution >= 4 is 21.8 Å². The number of likely N-dealkylation sites (N-methyl/N-ethyl adjacent to an activating group) is 1. The summed E-state index contributed by atoms with van der Waals surface area (Å²) >= 11 is 0. The van der Waals surface area contributed by atoms with Gasteiger partial charge in [0.25, 0.3) is 5.91 Å². The normalized spacial score (nSPS) is 16.3. The maximum absolute atomic E-state index is 12.8. The molecule has 8 nitrogen and oxygen atoms in total. The Labute approximate surface area is 161 Å². The summed E-state index contributed by atoms with van der Waals surface area (Å²) in [5.41, 5.74) is 1.10. The molecule has 0 bridgehead atoms. The molecule has 0 spiro atoms. The molecule has 0 saturated carbocycles. The second kappa shape index (κ2) is 9.29. The lowest BCUT2D eigenvalue weighted by Gasteiger charge is -2.31. The van der Waals surface area contributed by atoms with Crippen molar-refractivity contribution in [3.63, 3.8) is 0 Å². The van der Waals surface area contributed by atoms with E-state index in [9.17, 15) is 18.0 Å². The average Bonchev–Trinajstić information content (AvgIpc) is 2.66. The number of hydrogen-bond acceptors (Lipinski definition) is 4. The minimum Gasteiger partial charge on any atom is -0.358 e. The van der Waals surface area contributed by atoms with E-state index < -0.39 is 10.0 Å². The van der Waals surface area contributed by atoms with E-state index in [1.54, 1.807) is 12.1 Å². The fourth-order valence-electron chi connectivity index (χ4n) is 2.95. The first-order chi connectivity index (χ1) is 12.7. The predicted octanol–water partition coefficient (Wildman–Crippen LogP) is -1.44. The van der Waals surface area contributed by atoms with Gasteiger partial charge in [-0.15, -0.1) is 0 Å². The maximum Gasteiger partial charge on any atom is 0.275 e. The number of quaternary nitrogens is 1. The summed E-state index contributed by atoms with van der Waals surface area (Å²) in [7, 11) is -2.01. The molecule has 1 heterocycles. The predicted molar refractivity (Wildman–Crippen MR) is 102 cm³/mol. The first-order valence-electron chi connectivity index (χ1n) is 9.15. The lowest BCUT2D eigenvalue weighted by Crippen LogP contribution is -3.15. The highest BCUT2D eigenvalue weighted by Gasteiger charge is 2.31. The minimum atomic E-state index is -3.51. The third-order valence-electron chi connectivity index (χ3n) is 4.75. The number of piperazine rings is 1. The summed E-state index contributed by atoms with van der Waals surface area (Å²) in [6, 6.07) is 7.04. The molecule has 1 aliphatic heterocycles. The zero-order valence-electron chi connectivity index (χ0n) is 16.1. The molecule has 2 amide bonds. The van der Waals surface area contributed by atoms with Crippen molar-refractivity contribution < 1.29 is 22.9 Å². The van der Waals surface area contributed by atoms with Crippen molar-refractivity contribution in [3.8, 4) is 0 Å². The molecule has 1 fully saturated rings.